The van der Waals surface area contributed by atoms with Gasteiger partial charge in [-0.05, 0) is 113 Å². The molecule has 4 aromatic heterocycles. The standard InChI is InChI=1S/C57H70N8O20S5/c1-36-31-44-46(88(74,75)76)34-40(36)45-35-60-57(84-45)37-23-28-64(29-24-37)27-11-3-5-14-47(66)61-42(32-38-17-21-52(86-38)89(77,78)79)55(72)59-26-10-8-13-41(54(71)58-25-9-2-7-16-51(70)85-65-49(68)19-20-50(65)69)63-56(73)43(62-48(67)15-6-4-12-30-83-44)33-39-18-22-53(87-39)90(80,81)82/h17-18,21-24,28-29,31,34-35,41-43H,2-16,19-20,25-27,30,32-33H2,1H3,(H7-,58,59,61,62,63,66,67,71,72,73,74,75,76,77,78,79,80,81,82)/p-2. The number of pyridine rings is 1. The maximum absolute atomic E-state index is 14.3. The molecule has 5 aliphatic rings. The van der Waals surface area contributed by atoms with Gasteiger partial charge in [-0.3, -0.25) is 33.6 Å². The molecule has 1 aromatic carbocycles. The Balaban J connectivity index is 1.08. The van der Waals surface area contributed by atoms with Crippen LogP contribution in [0.3, 0.4) is 0 Å². The Hall–Kier alpha value is -7.53. The third kappa shape index (κ3) is 21.3. The topological polar surface area (TPSA) is 420 Å². The molecule has 5 aliphatic heterocycles. The predicted molar refractivity (Wildman–Crippen MR) is 316 cm³/mol. The summed E-state index contributed by atoms with van der Waals surface area (Å²) in [6.07, 6.45) is 7.94. The zero-order valence-corrected chi connectivity index (χ0v) is 53.0. The van der Waals surface area contributed by atoms with Crippen LogP contribution in [0, 0.1) is 6.92 Å². The maximum Gasteiger partial charge on any atom is 0.333 e. The lowest BCUT2D eigenvalue weighted by atomic mass is 10.1. The van der Waals surface area contributed by atoms with E-state index in [0.717, 1.165) is 18.2 Å². The number of amides is 7. The van der Waals surface area contributed by atoms with Crippen LogP contribution in [-0.2, 0) is 92.9 Å². The fourth-order valence-electron chi connectivity index (χ4n) is 9.64. The molecule has 0 spiro atoms. The summed E-state index contributed by atoms with van der Waals surface area (Å²) in [6.45, 7) is 2.21. The Kier molecular flexibility index (Phi) is 25.2. The van der Waals surface area contributed by atoms with Crippen molar-refractivity contribution in [3.63, 3.8) is 0 Å². The molecule has 9 heterocycles. The van der Waals surface area contributed by atoms with Gasteiger partial charge in [-0.1, -0.05) is 6.42 Å². The molecule has 10 rings (SSSR count). The molecule has 90 heavy (non-hydrogen) atoms. The van der Waals surface area contributed by atoms with E-state index < -0.39 is 109 Å². The second kappa shape index (κ2) is 32.5. The van der Waals surface area contributed by atoms with Gasteiger partial charge < -0.3 is 54.2 Å². The Bertz CT molecular complexity index is 3740. The first-order chi connectivity index (χ1) is 42.7. The number of ether oxygens (including phenoxy) is 1. The number of aromatic nitrogens is 2. The fourth-order valence-corrected chi connectivity index (χ4v) is 13.8. The molecule has 28 nitrogen and oxygen atoms in total. The van der Waals surface area contributed by atoms with E-state index in [1.165, 1.54) is 24.4 Å². The largest absolute Gasteiger partial charge is 0.744 e. The van der Waals surface area contributed by atoms with E-state index in [9.17, 15) is 77.3 Å². The minimum atomic E-state index is -5.08. The van der Waals surface area contributed by atoms with Crippen LogP contribution in [0.2, 0.25) is 0 Å². The first-order valence-corrected chi connectivity index (χ1v) is 34.9. The lowest BCUT2D eigenvalue weighted by Crippen LogP contribution is -2.54. The molecule has 7 amide bonds. The first kappa shape index (κ1) is 69.9. The van der Waals surface area contributed by atoms with Crippen molar-refractivity contribution in [2.45, 2.75) is 167 Å². The van der Waals surface area contributed by atoms with Crippen molar-refractivity contribution in [3.8, 4) is 28.5 Å². The van der Waals surface area contributed by atoms with Gasteiger partial charge >= 0.3 is 5.97 Å². The van der Waals surface area contributed by atoms with Gasteiger partial charge in [-0.25, -0.2) is 39.6 Å². The fraction of sp³-hybridized carbons (Fsp3) is 0.474. The second-order valence-electron chi connectivity index (χ2n) is 21.4. The summed E-state index contributed by atoms with van der Waals surface area (Å²) in [4.78, 5) is 114. The Morgan fingerprint density at radius 2 is 1.32 bits per heavy atom. The van der Waals surface area contributed by atoms with E-state index in [-0.39, 0.29) is 131 Å². The first-order valence-electron chi connectivity index (χ1n) is 29.0. The highest BCUT2D eigenvalue weighted by molar-refractivity contribution is 7.88. The quantitative estimate of drug-likeness (QED) is 0.0433. The number of imide groups is 1. The smallest absolute Gasteiger partial charge is 0.333 e. The number of benzene rings is 1. The molecule has 3 atom stereocenters. The molecule has 488 valence electrons. The number of carbonyl (C=O) groups excluding carboxylic acids is 8. The summed E-state index contributed by atoms with van der Waals surface area (Å²) in [5.41, 5.74) is 1.37. The third-order valence-corrected chi connectivity index (χ3v) is 20.0. The van der Waals surface area contributed by atoms with E-state index in [4.69, 9.17) is 14.0 Å². The van der Waals surface area contributed by atoms with Crippen LogP contribution < -0.4 is 35.9 Å². The van der Waals surface area contributed by atoms with Crippen molar-refractivity contribution in [1.82, 2.24) is 36.6 Å². The molecular formula is C57H68N8O20S5-2. The van der Waals surface area contributed by atoms with E-state index >= 15 is 0 Å². The van der Waals surface area contributed by atoms with Crippen LogP contribution in [0.1, 0.15) is 124 Å². The molecule has 0 aliphatic carbocycles. The summed E-state index contributed by atoms with van der Waals surface area (Å²) in [6, 6.07) is 7.01. The zero-order chi connectivity index (χ0) is 65.2. The molecule has 1 fully saturated rings. The number of hydroxylamine groups is 2. The van der Waals surface area contributed by atoms with Gasteiger partial charge in [0, 0.05) is 97.5 Å². The van der Waals surface area contributed by atoms with Gasteiger partial charge in [0.15, 0.2) is 18.2 Å². The van der Waals surface area contributed by atoms with Crippen LogP contribution in [0.5, 0.6) is 5.75 Å². The molecule has 33 heteroatoms. The minimum Gasteiger partial charge on any atom is -0.744 e. The molecule has 0 saturated carbocycles. The van der Waals surface area contributed by atoms with Crippen molar-refractivity contribution in [2.24, 2.45) is 0 Å². The SMILES string of the molecule is Cc1cc2c(S(=O)(=O)[O-])cc1-c1cnc(o1)-c1cc[n+](cc1)CCCCCC(=O)NC(Cc1ccc(S(=O)(=O)[O-])s1)C(=O)NCCCCC(C(=O)NCCCCCC(=O)ON1C(=O)CCC1=O)NC(=O)C(Cc1ccc(S(=O)(=O)[O-])s1)NC(=O)CCCCCO2. The number of nitrogens with one attached hydrogen (secondary N) is 5. The molecular weight excluding hydrogens is 1280 g/mol. The summed E-state index contributed by atoms with van der Waals surface area (Å²) >= 11 is 1.24. The van der Waals surface area contributed by atoms with Crippen LogP contribution in [0.4, 0.5) is 0 Å². The summed E-state index contributed by atoms with van der Waals surface area (Å²) in [5.74, 6) is -5.14. The van der Waals surface area contributed by atoms with Gasteiger partial charge in [0.25, 0.3) is 11.8 Å². The monoisotopic (exact) mass is 1340 g/mol. The Labute approximate surface area is 527 Å². The van der Waals surface area contributed by atoms with Gasteiger partial charge in [0.1, 0.15) is 69.2 Å². The number of hydrogen-bond acceptors (Lipinski definition) is 23. The summed E-state index contributed by atoms with van der Waals surface area (Å²) in [7, 11) is -14.8. The van der Waals surface area contributed by atoms with Crippen LogP contribution in [-0.4, -0.2) is 134 Å². The van der Waals surface area contributed by atoms with E-state index in [0.29, 0.717) is 88.8 Å². The van der Waals surface area contributed by atoms with Crippen molar-refractivity contribution in [2.75, 3.05) is 19.7 Å². The van der Waals surface area contributed by atoms with Crippen LogP contribution >= 0.6 is 22.7 Å². The van der Waals surface area contributed by atoms with Crippen molar-refractivity contribution < 1.29 is 95.8 Å². The van der Waals surface area contributed by atoms with Gasteiger partial charge in [-0.15, -0.1) is 27.7 Å². The number of thiophene rings is 2. The average molecular weight is 1350 g/mol. The van der Waals surface area contributed by atoms with E-state index in [2.05, 4.69) is 31.6 Å². The van der Waals surface area contributed by atoms with E-state index in [1.54, 1.807) is 31.5 Å². The van der Waals surface area contributed by atoms with Gasteiger partial charge in [-0.2, -0.15) is 0 Å². The second-order valence-corrected chi connectivity index (χ2v) is 28.3. The number of aryl methyl sites for hydroxylation is 2. The summed E-state index contributed by atoms with van der Waals surface area (Å²) in [5, 5.41) is 14.0. The number of hydrogen-bond donors (Lipinski definition) is 5. The number of rotatable bonds is 15. The number of oxazole rings is 1. The number of unbranched alkanes of at least 4 members (excludes halogenated alkanes) is 2. The summed E-state index contributed by atoms with van der Waals surface area (Å²) < 4.78 is 121. The Morgan fingerprint density at radius 3 is 1.92 bits per heavy atom. The Morgan fingerprint density at radius 1 is 0.711 bits per heavy atom. The minimum absolute atomic E-state index is 0.0116. The number of carbonyl (C=O) groups is 8. The maximum atomic E-state index is 14.3. The average Bonchev–Trinajstić information content (AvgIpc) is 1.31. The van der Waals surface area contributed by atoms with Gasteiger partial charge in [0.2, 0.25) is 35.4 Å². The molecule has 0 radical (unpaired) electrons. The lowest BCUT2D eigenvalue weighted by Gasteiger charge is -2.23. The lowest BCUT2D eigenvalue weighted by molar-refractivity contribution is -0.697. The van der Waals surface area contributed by atoms with Crippen molar-refractivity contribution in [3.05, 3.63) is 82.4 Å². The van der Waals surface area contributed by atoms with Crippen molar-refractivity contribution >= 4 is 100 Å². The molecule has 6 bridgehead atoms. The highest BCUT2D eigenvalue weighted by atomic mass is 32.3. The highest BCUT2D eigenvalue weighted by Gasteiger charge is 2.33. The molecule has 3 unspecified atom stereocenters. The normalized spacial score (nSPS) is 18.8. The zero-order valence-electron chi connectivity index (χ0n) is 48.9. The molecule has 5 aromatic rings. The van der Waals surface area contributed by atoms with Gasteiger partial charge in [0.05, 0.1) is 17.7 Å². The third-order valence-electron chi connectivity index (χ3n) is 14.4. The highest BCUT2D eigenvalue weighted by Crippen LogP contribution is 2.35. The number of nitrogens with zero attached hydrogens (tertiary/aromatic N) is 3. The van der Waals surface area contributed by atoms with Crippen molar-refractivity contribution in [1.29, 1.82) is 0 Å². The predicted octanol–water partition coefficient (Wildman–Crippen LogP) is 3.46. The van der Waals surface area contributed by atoms with Crippen LogP contribution in [0.25, 0.3) is 22.8 Å². The van der Waals surface area contributed by atoms with Crippen LogP contribution in [0.15, 0.2) is 84.9 Å². The molecule has 5 N–H and O–H groups in total. The van der Waals surface area contributed by atoms with E-state index in [1.807, 2.05) is 4.57 Å². The molecule has 1 saturated heterocycles.